The quantitative estimate of drug-likeness (QED) is 0.811. The predicted octanol–water partition coefficient (Wildman–Crippen LogP) is 3.07. The summed E-state index contributed by atoms with van der Waals surface area (Å²) in [5.41, 5.74) is 0.159. The Morgan fingerprint density at radius 1 is 1.50 bits per heavy atom. The fourth-order valence-electron chi connectivity index (χ4n) is 2.19. The van der Waals surface area contributed by atoms with Crippen LogP contribution < -0.4 is 5.32 Å². The maximum absolute atomic E-state index is 11.9. The largest absolute Gasteiger partial charge is 0.467 e. The molecule has 0 aliphatic carbocycles. The van der Waals surface area contributed by atoms with Crippen molar-refractivity contribution in [3.05, 3.63) is 0 Å². The van der Waals surface area contributed by atoms with E-state index in [4.69, 9.17) is 9.73 Å². The van der Waals surface area contributed by atoms with Crippen molar-refractivity contribution in [2.24, 2.45) is 16.3 Å². The predicted molar refractivity (Wildman–Crippen MR) is 86.1 cm³/mol. The summed E-state index contributed by atoms with van der Waals surface area (Å²) in [6.45, 7) is 10.8. The molecule has 4 nitrogen and oxygen atoms in total. The molecule has 0 spiro atoms. The summed E-state index contributed by atoms with van der Waals surface area (Å²) in [6, 6.07) is 0.00793. The molecule has 0 saturated carbocycles. The van der Waals surface area contributed by atoms with Gasteiger partial charge in [0.25, 0.3) is 0 Å². The number of aliphatic imine (C=N–C) groups is 1. The lowest BCUT2D eigenvalue weighted by Gasteiger charge is -2.32. The smallest absolute Gasteiger partial charge is 0.328 e. The van der Waals surface area contributed by atoms with E-state index in [2.05, 4.69) is 39.9 Å². The lowest BCUT2D eigenvalue weighted by atomic mass is 9.85. The highest BCUT2D eigenvalue weighted by Crippen LogP contribution is 2.30. The molecule has 5 heteroatoms. The van der Waals surface area contributed by atoms with E-state index in [1.807, 2.05) is 0 Å². The van der Waals surface area contributed by atoms with Crippen molar-refractivity contribution in [1.82, 2.24) is 5.32 Å². The Morgan fingerprint density at radius 2 is 2.15 bits per heavy atom. The maximum Gasteiger partial charge on any atom is 0.328 e. The third-order valence-corrected chi connectivity index (χ3v) is 4.33. The summed E-state index contributed by atoms with van der Waals surface area (Å²) in [6.07, 6.45) is 1.85. The number of hydrogen-bond acceptors (Lipinski definition) is 5. The van der Waals surface area contributed by atoms with Crippen molar-refractivity contribution in [1.29, 1.82) is 0 Å². The average molecular weight is 300 g/mol. The highest BCUT2D eigenvalue weighted by molar-refractivity contribution is 8.13. The molecular formula is C15H28N2O2S. The van der Waals surface area contributed by atoms with Crippen LogP contribution in [0.1, 0.15) is 47.5 Å². The van der Waals surface area contributed by atoms with Gasteiger partial charge in [0.1, 0.15) is 6.04 Å². The molecule has 116 valence electrons. The first-order valence-electron chi connectivity index (χ1n) is 7.29. The molecule has 1 N–H and O–H groups in total. The molecule has 0 saturated heterocycles. The highest BCUT2D eigenvalue weighted by atomic mass is 32.2. The van der Waals surface area contributed by atoms with Gasteiger partial charge in [-0.2, -0.15) is 0 Å². The Balaban J connectivity index is 2.76. The summed E-state index contributed by atoms with van der Waals surface area (Å²) in [5.74, 6) is 1.27. The normalized spacial score (nSPS) is 21.4. The highest BCUT2D eigenvalue weighted by Gasteiger charge is 2.29. The molecule has 2 unspecified atom stereocenters. The summed E-state index contributed by atoms with van der Waals surface area (Å²) in [7, 11) is 1.44. The topological polar surface area (TPSA) is 50.7 Å². The van der Waals surface area contributed by atoms with E-state index >= 15 is 0 Å². The molecule has 0 bridgehead atoms. The Morgan fingerprint density at radius 3 is 2.65 bits per heavy atom. The zero-order valence-corrected chi connectivity index (χ0v) is 14.3. The number of thioether (sulfide) groups is 1. The first-order valence-corrected chi connectivity index (χ1v) is 8.27. The number of amidine groups is 1. The van der Waals surface area contributed by atoms with E-state index in [0.29, 0.717) is 12.0 Å². The molecule has 0 aromatic heterocycles. The number of rotatable bonds is 4. The first-order chi connectivity index (χ1) is 9.24. The van der Waals surface area contributed by atoms with Crippen molar-refractivity contribution < 1.29 is 9.53 Å². The van der Waals surface area contributed by atoms with Crippen LogP contribution in [0.2, 0.25) is 0 Å². The van der Waals surface area contributed by atoms with Gasteiger partial charge in [0, 0.05) is 5.75 Å². The van der Waals surface area contributed by atoms with Crippen LogP contribution in [0.3, 0.4) is 0 Å². The van der Waals surface area contributed by atoms with E-state index < -0.39 is 0 Å². The zero-order chi connectivity index (χ0) is 15.3. The average Bonchev–Trinajstić information content (AvgIpc) is 2.36. The second-order valence-corrected chi connectivity index (χ2v) is 7.89. The van der Waals surface area contributed by atoms with E-state index in [0.717, 1.165) is 23.8 Å². The van der Waals surface area contributed by atoms with Gasteiger partial charge in [-0.15, -0.1) is 0 Å². The minimum atomic E-state index is -0.301. The third kappa shape index (κ3) is 5.35. The number of methoxy groups -OCH3 is 1. The van der Waals surface area contributed by atoms with Crippen LogP contribution >= 0.6 is 11.8 Å². The molecule has 1 aliphatic rings. The Labute approximate surface area is 127 Å². The second kappa shape index (κ2) is 7.34. The Bertz CT molecular complexity index is 361. The van der Waals surface area contributed by atoms with Gasteiger partial charge in [0.05, 0.1) is 13.2 Å². The molecule has 2 atom stereocenters. The SMILES string of the molecule is COC(=O)C(CC(C)C)NC1=NC(C(C)(C)C)CCS1. The molecule has 0 fully saturated rings. The lowest BCUT2D eigenvalue weighted by Crippen LogP contribution is -2.43. The fourth-order valence-corrected chi connectivity index (χ4v) is 3.15. The molecule has 1 heterocycles. The summed E-state index contributed by atoms with van der Waals surface area (Å²) >= 11 is 1.70. The van der Waals surface area contributed by atoms with Crippen molar-refractivity contribution >= 4 is 22.9 Å². The maximum atomic E-state index is 11.9. The van der Waals surface area contributed by atoms with E-state index in [9.17, 15) is 4.79 Å². The molecule has 20 heavy (non-hydrogen) atoms. The number of nitrogens with zero attached hydrogens (tertiary/aromatic N) is 1. The van der Waals surface area contributed by atoms with Gasteiger partial charge < -0.3 is 10.1 Å². The monoisotopic (exact) mass is 300 g/mol. The van der Waals surface area contributed by atoms with Crippen molar-refractivity contribution in [2.45, 2.75) is 59.5 Å². The standard InChI is InChI=1S/C15H28N2O2S/c1-10(2)9-11(13(18)19-6)16-14-17-12(7-8-20-14)15(3,4)5/h10-12H,7-9H2,1-6H3,(H,16,17). The molecular weight excluding hydrogens is 272 g/mol. The first kappa shape index (κ1) is 17.3. The summed E-state index contributed by atoms with van der Waals surface area (Å²) in [4.78, 5) is 16.6. The van der Waals surface area contributed by atoms with Crippen molar-refractivity contribution in [2.75, 3.05) is 12.9 Å². The minimum absolute atomic E-state index is 0.159. The van der Waals surface area contributed by atoms with Gasteiger partial charge in [-0.1, -0.05) is 46.4 Å². The number of hydrogen-bond donors (Lipinski definition) is 1. The van der Waals surface area contributed by atoms with Gasteiger partial charge in [0.15, 0.2) is 5.17 Å². The van der Waals surface area contributed by atoms with Crippen molar-refractivity contribution in [3.63, 3.8) is 0 Å². The fraction of sp³-hybridized carbons (Fsp3) is 0.867. The Kier molecular flexibility index (Phi) is 6.37. The zero-order valence-electron chi connectivity index (χ0n) is 13.5. The molecule has 0 aromatic rings. The molecule has 1 rings (SSSR count). The number of nitrogens with one attached hydrogen (secondary N) is 1. The van der Waals surface area contributed by atoms with Gasteiger partial charge >= 0.3 is 5.97 Å². The van der Waals surface area contributed by atoms with Crippen LogP contribution in [0.25, 0.3) is 0 Å². The molecule has 0 aromatic carbocycles. The van der Waals surface area contributed by atoms with Crippen LogP contribution in [0.4, 0.5) is 0 Å². The van der Waals surface area contributed by atoms with Crippen LogP contribution in [-0.4, -0.2) is 36.1 Å². The molecule has 0 radical (unpaired) electrons. The van der Waals surface area contributed by atoms with Crippen LogP contribution in [0.5, 0.6) is 0 Å². The Hall–Kier alpha value is -0.710. The van der Waals surface area contributed by atoms with Crippen LogP contribution in [0, 0.1) is 11.3 Å². The lowest BCUT2D eigenvalue weighted by molar-refractivity contribution is -0.143. The van der Waals surface area contributed by atoms with Gasteiger partial charge in [-0.05, 0) is 24.2 Å². The van der Waals surface area contributed by atoms with Gasteiger partial charge in [-0.3, -0.25) is 4.99 Å². The number of carbonyl (C=O) groups is 1. The number of carbonyl (C=O) groups excluding carboxylic acids is 1. The summed E-state index contributed by atoms with van der Waals surface area (Å²) in [5, 5.41) is 4.16. The van der Waals surface area contributed by atoms with E-state index in [1.165, 1.54) is 7.11 Å². The van der Waals surface area contributed by atoms with E-state index in [-0.39, 0.29) is 17.4 Å². The van der Waals surface area contributed by atoms with E-state index in [1.54, 1.807) is 11.8 Å². The van der Waals surface area contributed by atoms with Gasteiger partial charge in [-0.25, -0.2) is 4.79 Å². The number of ether oxygens (including phenoxy) is 1. The third-order valence-electron chi connectivity index (χ3n) is 3.39. The summed E-state index contributed by atoms with van der Waals surface area (Å²) < 4.78 is 4.88. The molecule has 0 amide bonds. The van der Waals surface area contributed by atoms with Crippen LogP contribution in [0.15, 0.2) is 4.99 Å². The molecule has 1 aliphatic heterocycles. The van der Waals surface area contributed by atoms with Gasteiger partial charge in [0.2, 0.25) is 0 Å². The minimum Gasteiger partial charge on any atom is -0.467 e. The second-order valence-electron chi connectivity index (χ2n) is 6.80. The number of esters is 1. The van der Waals surface area contributed by atoms with Crippen LogP contribution in [-0.2, 0) is 9.53 Å². The van der Waals surface area contributed by atoms with Crippen molar-refractivity contribution in [3.8, 4) is 0 Å².